The van der Waals surface area contributed by atoms with E-state index in [-0.39, 0.29) is 24.9 Å². The van der Waals surface area contributed by atoms with Crippen molar-refractivity contribution in [3.8, 4) is 0 Å². The molecular formula is C29H25ClN4O3. The van der Waals surface area contributed by atoms with Crippen molar-refractivity contribution in [3.63, 3.8) is 0 Å². The second-order valence-electron chi connectivity index (χ2n) is 8.39. The Labute approximate surface area is 220 Å². The Morgan fingerprint density at radius 1 is 0.676 bits per heavy atom. The lowest BCUT2D eigenvalue weighted by Gasteiger charge is -2.14. The van der Waals surface area contributed by atoms with Gasteiger partial charge in [-0.3, -0.25) is 4.79 Å². The molecule has 0 radical (unpaired) electrons. The molecule has 5 aromatic rings. The zero-order chi connectivity index (χ0) is 24.9. The number of carbonyl (C=O) groups is 2. The number of pyridine rings is 1. The lowest BCUT2D eigenvalue weighted by Crippen LogP contribution is -2.19. The van der Waals surface area contributed by atoms with Crippen LogP contribution >= 0.6 is 12.4 Å². The smallest absolute Gasteiger partial charge is 0.323 e. The van der Waals surface area contributed by atoms with E-state index in [0.717, 1.165) is 38.7 Å². The summed E-state index contributed by atoms with van der Waals surface area (Å²) in [6, 6.07) is 30.3. The van der Waals surface area contributed by atoms with Crippen molar-refractivity contribution in [1.29, 1.82) is 0 Å². The molecule has 186 valence electrons. The van der Waals surface area contributed by atoms with Crippen LogP contribution in [0.2, 0.25) is 0 Å². The second-order valence-corrected chi connectivity index (χ2v) is 8.39. The predicted molar refractivity (Wildman–Crippen MR) is 151 cm³/mol. The number of fused-ring (bicyclic) bond motifs is 2. The third kappa shape index (κ3) is 6.15. The average Bonchev–Trinajstić information content (AvgIpc) is 2.89. The SMILES string of the molecule is Cl.O=C(O)CCc1ccc(NC(=O)Nc2ccc(Nc3c4ccccc4nc4ccccc34)cc2)cc1. The molecule has 0 aliphatic heterocycles. The fourth-order valence-corrected chi connectivity index (χ4v) is 4.06. The quantitative estimate of drug-likeness (QED) is 0.172. The first-order chi connectivity index (χ1) is 17.5. The Morgan fingerprint density at radius 3 is 1.70 bits per heavy atom. The molecule has 0 bridgehead atoms. The van der Waals surface area contributed by atoms with E-state index < -0.39 is 5.97 Å². The number of hydrogen-bond acceptors (Lipinski definition) is 4. The van der Waals surface area contributed by atoms with E-state index in [1.54, 1.807) is 12.1 Å². The van der Waals surface area contributed by atoms with Gasteiger partial charge in [0, 0.05) is 34.3 Å². The molecule has 7 nitrogen and oxygen atoms in total. The summed E-state index contributed by atoms with van der Waals surface area (Å²) in [5, 5.41) is 20.0. The van der Waals surface area contributed by atoms with Gasteiger partial charge in [-0.05, 0) is 60.5 Å². The molecule has 4 aromatic carbocycles. The lowest BCUT2D eigenvalue weighted by molar-refractivity contribution is -0.136. The van der Waals surface area contributed by atoms with Crippen molar-refractivity contribution in [1.82, 2.24) is 4.98 Å². The summed E-state index contributed by atoms with van der Waals surface area (Å²) < 4.78 is 0. The molecule has 5 rings (SSSR count). The third-order valence-electron chi connectivity index (χ3n) is 5.84. The molecule has 1 heterocycles. The molecule has 0 atom stereocenters. The maximum absolute atomic E-state index is 12.4. The van der Waals surface area contributed by atoms with Gasteiger partial charge < -0.3 is 21.1 Å². The first kappa shape index (κ1) is 25.5. The highest BCUT2D eigenvalue weighted by atomic mass is 35.5. The van der Waals surface area contributed by atoms with Crippen LogP contribution < -0.4 is 16.0 Å². The number of hydrogen-bond donors (Lipinski definition) is 4. The Morgan fingerprint density at radius 2 is 1.16 bits per heavy atom. The number of urea groups is 1. The monoisotopic (exact) mass is 512 g/mol. The van der Waals surface area contributed by atoms with Crippen LogP contribution in [-0.2, 0) is 11.2 Å². The van der Waals surface area contributed by atoms with Gasteiger partial charge in [-0.1, -0.05) is 48.5 Å². The highest BCUT2D eigenvalue weighted by Crippen LogP contribution is 2.33. The maximum atomic E-state index is 12.4. The van der Waals surface area contributed by atoms with Crippen LogP contribution in [-0.4, -0.2) is 22.1 Å². The minimum Gasteiger partial charge on any atom is -0.481 e. The molecule has 8 heteroatoms. The Balaban J connectivity index is 0.00000320. The number of carboxylic acids is 1. The van der Waals surface area contributed by atoms with Gasteiger partial charge in [0.1, 0.15) is 0 Å². The zero-order valence-electron chi connectivity index (χ0n) is 19.8. The van der Waals surface area contributed by atoms with E-state index in [4.69, 9.17) is 10.1 Å². The summed E-state index contributed by atoms with van der Waals surface area (Å²) in [6.45, 7) is 0. The molecule has 0 unspecified atom stereocenters. The maximum Gasteiger partial charge on any atom is 0.323 e. The molecule has 4 N–H and O–H groups in total. The molecule has 0 fully saturated rings. The summed E-state index contributed by atoms with van der Waals surface area (Å²) in [5.41, 5.74) is 5.90. The summed E-state index contributed by atoms with van der Waals surface area (Å²) in [4.78, 5) is 27.9. The largest absolute Gasteiger partial charge is 0.481 e. The van der Waals surface area contributed by atoms with E-state index >= 15 is 0 Å². The summed E-state index contributed by atoms with van der Waals surface area (Å²) in [6.07, 6.45) is 0.527. The molecule has 1 aromatic heterocycles. The number of nitrogens with one attached hydrogen (secondary N) is 3. The zero-order valence-corrected chi connectivity index (χ0v) is 20.6. The second kappa shape index (κ2) is 11.4. The van der Waals surface area contributed by atoms with Crippen LogP contribution in [0.4, 0.5) is 27.5 Å². The summed E-state index contributed by atoms with van der Waals surface area (Å²) in [5.74, 6) is -0.833. The van der Waals surface area contributed by atoms with Gasteiger partial charge in [0.25, 0.3) is 0 Å². The van der Waals surface area contributed by atoms with E-state index in [1.807, 2.05) is 72.8 Å². The molecule has 2 amide bonds. The van der Waals surface area contributed by atoms with Crippen LogP contribution in [0, 0.1) is 0 Å². The molecule has 0 spiro atoms. The minimum atomic E-state index is -0.833. The van der Waals surface area contributed by atoms with Crippen LogP contribution in [0.3, 0.4) is 0 Å². The first-order valence-corrected chi connectivity index (χ1v) is 11.6. The van der Waals surface area contributed by atoms with Gasteiger partial charge in [0.15, 0.2) is 0 Å². The Kier molecular flexibility index (Phi) is 7.86. The highest BCUT2D eigenvalue weighted by molar-refractivity contribution is 6.08. The van der Waals surface area contributed by atoms with Crippen LogP contribution in [0.1, 0.15) is 12.0 Å². The van der Waals surface area contributed by atoms with Crippen molar-refractivity contribution in [2.45, 2.75) is 12.8 Å². The number of benzene rings is 4. The molecule has 37 heavy (non-hydrogen) atoms. The topological polar surface area (TPSA) is 103 Å². The number of halogens is 1. The number of para-hydroxylation sites is 2. The van der Waals surface area contributed by atoms with Gasteiger partial charge >= 0.3 is 12.0 Å². The van der Waals surface area contributed by atoms with Crippen molar-refractivity contribution in [2.75, 3.05) is 16.0 Å². The number of aliphatic carboxylic acids is 1. The predicted octanol–water partition coefficient (Wildman–Crippen LogP) is 7.21. The lowest BCUT2D eigenvalue weighted by atomic mass is 10.1. The first-order valence-electron chi connectivity index (χ1n) is 11.6. The van der Waals surface area contributed by atoms with Crippen molar-refractivity contribution < 1.29 is 14.7 Å². The fraction of sp³-hybridized carbons (Fsp3) is 0.0690. The van der Waals surface area contributed by atoms with Gasteiger partial charge in [0.2, 0.25) is 0 Å². The number of aryl methyl sites for hydroxylation is 1. The third-order valence-corrected chi connectivity index (χ3v) is 5.84. The normalized spacial score (nSPS) is 10.5. The Bertz CT molecular complexity index is 1500. The van der Waals surface area contributed by atoms with E-state index in [0.29, 0.717) is 17.8 Å². The molecule has 0 saturated heterocycles. The number of carbonyl (C=O) groups excluding carboxylic acids is 1. The van der Waals surface area contributed by atoms with Crippen LogP contribution in [0.15, 0.2) is 97.1 Å². The van der Waals surface area contributed by atoms with Gasteiger partial charge in [-0.15, -0.1) is 12.4 Å². The molecule has 0 saturated carbocycles. The number of nitrogens with zero attached hydrogens (tertiary/aromatic N) is 1. The van der Waals surface area contributed by atoms with E-state index in [2.05, 4.69) is 28.1 Å². The molecular weight excluding hydrogens is 488 g/mol. The van der Waals surface area contributed by atoms with Crippen LogP contribution in [0.25, 0.3) is 21.8 Å². The van der Waals surface area contributed by atoms with E-state index in [9.17, 15) is 9.59 Å². The number of aromatic nitrogens is 1. The van der Waals surface area contributed by atoms with Crippen molar-refractivity contribution in [3.05, 3.63) is 103 Å². The minimum absolute atomic E-state index is 0. The highest BCUT2D eigenvalue weighted by Gasteiger charge is 2.09. The fourth-order valence-electron chi connectivity index (χ4n) is 4.06. The average molecular weight is 513 g/mol. The molecule has 0 aliphatic rings. The van der Waals surface area contributed by atoms with Gasteiger partial charge in [0.05, 0.1) is 16.7 Å². The van der Waals surface area contributed by atoms with Gasteiger partial charge in [-0.25, -0.2) is 9.78 Å². The van der Waals surface area contributed by atoms with Crippen LogP contribution in [0.5, 0.6) is 0 Å². The number of amides is 2. The summed E-state index contributed by atoms with van der Waals surface area (Å²) >= 11 is 0. The number of carboxylic acid groups (broad SMARTS) is 1. The van der Waals surface area contributed by atoms with Crippen molar-refractivity contribution >= 4 is 69.0 Å². The summed E-state index contributed by atoms with van der Waals surface area (Å²) in [7, 11) is 0. The molecule has 0 aliphatic carbocycles. The number of rotatable bonds is 7. The van der Waals surface area contributed by atoms with Crippen molar-refractivity contribution in [2.24, 2.45) is 0 Å². The van der Waals surface area contributed by atoms with Gasteiger partial charge in [-0.2, -0.15) is 0 Å². The standard InChI is InChI=1S/C29H24N4O3.ClH/c34-27(35)18-11-19-9-12-21(13-10-19)31-29(36)32-22-16-14-20(15-17-22)30-28-23-5-1-3-7-25(23)33-26-8-4-2-6-24(26)28;/h1-10,12-17H,11,18H2,(H,30,33)(H,34,35)(H2,31,32,36);1H. The Hall–Kier alpha value is -4.62. The number of anilines is 4. The van der Waals surface area contributed by atoms with E-state index in [1.165, 1.54) is 0 Å².